The van der Waals surface area contributed by atoms with Crippen molar-refractivity contribution in [3.05, 3.63) is 63.7 Å². The molecule has 9 heteroatoms. The minimum atomic E-state index is -0.438. The minimum absolute atomic E-state index is 0.0186. The summed E-state index contributed by atoms with van der Waals surface area (Å²) in [6, 6.07) is 12.2. The van der Waals surface area contributed by atoms with Crippen molar-refractivity contribution < 1.29 is 14.5 Å². The molecule has 0 spiro atoms. The van der Waals surface area contributed by atoms with E-state index in [1.165, 1.54) is 23.5 Å². The summed E-state index contributed by atoms with van der Waals surface area (Å²) in [5.41, 5.74) is 2.81. The van der Waals surface area contributed by atoms with Gasteiger partial charge in [-0.2, -0.15) is 0 Å². The van der Waals surface area contributed by atoms with Crippen LogP contribution in [0.2, 0.25) is 0 Å². The van der Waals surface area contributed by atoms with E-state index in [9.17, 15) is 14.9 Å². The van der Waals surface area contributed by atoms with Crippen LogP contribution in [0.3, 0.4) is 0 Å². The lowest BCUT2D eigenvalue weighted by molar-refractivity contribution is -0.384. The number of nitro benzene ring substituents is 1. The molecule has 0 bridgehead atoms. The first-order valence-electron chi connectivity index (χ1n) is 10.7. The molecule has 1 amide bonds. The molecule has 1 aliphatic heterocycles. The van der Waals surface area contributed by atoms with Crippen molar-refractivity contribution in [3.8, 4) is 0 Å². The Morgan fingerprint density at radius 1 is 1.22 bits per heavy atom. The number of amides is 1. The third-order valence-electron chi connectivity index (χ3n) is 5.53. The fourth-order valence-electron chi connectivity index (χ4n) is 3.74. The molecule has 8 nitrogen and oxygen atoms in total. The molecule has 168 valence electrons. The predicted molar refractivity (Wildman–Crippen MR) is 125 cm³/mol. The maximum absolute atomic E-state index is 13.3. The van der Waals surface area contributed by atoms with E-state index in [0.29, 0.717) is 11.7 Å². The molecular weight excluding hydrogens is 428 g/mol. The maximum atomic E-state index is 13.3. The predicted octanol–water partition coefficient (Wildman–Crippen LogP) is 3.81. The van der Waals surface area contributed by atoms with Crippen molar-refractivity contribution in [2.24, 2.45) is 0 Å². The summed E-state index contributed by atoms with van der Waals surface area (Å²) in [5.74, 6) is -0.0587. The van der Waals surface area contributed by atoms with Crippen molar-refractivity contribution in [2.75, 3.05) is 44.3 Å². The largest absolute Gasteiger partial charge is 0.379 e. The average Bonchev–Trinajstić information content (AvgIpc) is 3.20. The van der Waals surface area contributed by atoms with Crippen LogP contribution >= 0.6 is 11.3 Å². The van der Waals surface area contributed by atoms with Crippen molar-refractivity contribution in [2.45, 2.75) is 19.8 Å². The highest BCUT2D eigenvalue weighted by Gasteiger charge is 2.21. The summed E-state index contributed by atoms with van der Waals surface area (Å²) in [6.45, 7) is 6.84. The number of aryl methyl sites for hydroxylation is 1. The number of fused-ring (bicyclic) bond motifs is 1. The molecule has 0 aliphatic carbocycles. The molecule has 1 fully saturated rings. The first kappa shape index (κ1) is 22.3. The standard InChI is InChI=1S/C23H26N4O4S/c1-17-3-8-20-21(15-17)32-23(24-20)26(10-2-9-25-11-13-31-14-12-25)22(28)16-18-4-6-19(7-5-18)27(29)30/h3-8,15H,2,9-14,16H2,1H3. The molecular formula is C23H26N4O4S. The van der Waals surface area contributed by atoms with Gasteiger partial charge in [-0.3, -0.25) is 24.7 Å². The lowest BCUT2D eigenvalue weighted by Gasteiger charge is -2.27. The number of morpholine rings is 1. The van der Waals surface area contributed by atoms with Gasteiger partial charge in [-0.1, -0.05) is 29.5 Å². The van der Waals surface area contributed by atoms with Gasteiger partial charge < -0.3 is 4.74 Å². The number of hydrogen-bond donors (Lipinski definition) is 0. The minimum Gasteiger partial charge on any atom is -0.379 e. The summed E-state index contributed by atoms with van der Waals surface area (Å²) >= 11 is 1.52. The van der Waals surface area contributed by atoms with Gasteiger partial charge in [0, 0.05) is 38.3 Å². The third-order valence-corrected chi connectivity index (χ3v) is 6.57. The number of thiazole rings is 1. The van der Waals surface area contributed by atoms with Gasteiger partial charge in [-0.15, -0.1) is 0 Å². The summed E-state index contributed by atoms with van der Waals surface area (Å²) in [5, 5.41) is 11.6. The van der Waals surface area contributed by atoms with Crippen molar-refractivity contribution >= 4 is 38.3 Å². The van der Waals surface area contributed by atoms with Crippen LogP contribution in [-0.2, 0) is 16.0 Å². The highest BCUT2D eigenvalue weighted by molar-refractivity contribution is 7.22. The van der Waals surface area contributed by atoms with Gasteiger partial charge in [-0.25, -0.2) is 4.98 Å². The van der Waals surface area contributed by atoms with Crippen LogP contribution in [0.5, 0.6) is 0 Å². The zero-order valence-corrected chi connectivity index (χ0v) is 18.8. The van der Waals surface area contributed by atoms with Crippen LogP contribution in [0.25, 0.3) is 10.2 Å². The van der Waals surface area contributed by atoms with Crippen molar-refractivity contribution in [1.29, 1.82) is 0 Å². The fraction of sp³-hybridized carbons (Fsp3) is 0.391. The Morgan fingerprint density at radius 2 is 1.97 bits per heavy atom. The second-order valence-corrected chi connectivity index (χ2v) is 8.93. The third kappa shape index (κ3) is 5.48. The number of nitrogens with zero attached hydrogens (tertiary/aromatic N) is 4. The van der Waals surface area contributed by atoms with E-state index in [-0.39, 0.29) is 18.0 Å². The Bertz CT molecular complexity index is 1090. The maximum Gasteiger partial charge on any atom is 0.269 e. The van der Waals surface area contributed by atoms with E-state index in [1.807, 2.05) is 19.1 Å². The summed E-state index contributed by atoms with van der Waals surface area (Å²) in [4.78, 5) is 32.6. The SMILES string of the molecule is Cc1ccc2nc(N(CCCN3CCOCC3)C(=O)Cc3ccc([N+](=O)[O-])cc3)sc2c1. The Kier molecular flexibility index (Phi) is 7.09. The quantitative estimate of drug-likeness (QED) is 0.380. The van der Waals surface area contributed by atoms with Crippen LogP contribution in [0.15, 0.2) is 42.5 Å². The van der Waals surface area contributed by atoms with Gasteiger partial charge in [0.2, 0.25) is 5.91 Å². The second kappa shape index (κ2) is 10.2. The highest BCUT2D eigenvalue weighted by atomic mass is 32.1. The normalized spacial score (nSPS) is 14.5. The summed E-state index contributed by atoms with van der Waals surface area (Å²) < 4.78 is 6.47. The molecule has 0 N–H and O–H groups in total. The molecule has 1 aliphatic rings. The van der Waals surface area contributed by atoms with E-state index in [0.717, 1.165) is 60.6 Å². The molecule has 0 radical (unpaired) electrons. The van der Waals surface area contributed by atoms with Crippen molar-refractivity contribution in [1.82, 2.24) is 9.88 Å². The molecule has 3 aromatic rings. The zero-order valence-electron chi connectivity index (χ0n) is 18.0. The number of hydrogen-bond acceptors (Lipinski definition) is 7. The van der Waals surface area contributed by atoms with Crippen molar-refractivity contribution in [3.63, 3.8) is 0 Å². The van der Waals surface area contributed by atoms with E-state index in [1.54, 1.807) is 17.0 Å². The van der Waals surface area contributed by atoms with Gasteiger partial charge in [-0.05, 0) is 36.6 Å². The first-order chi connectivity index (χ1) is 15.5. The lowest BCUT2D eigenvalue weighted by Crippen LogP contribution is -2.39. The van der Waals surface area contributed by atoms with Crippen LogP contribution in [0.4, 0.5) is 10.8 Å². The van der Waals surface area contributed by atoms with E-state index >= 15 is 0 Å². The van der Waals surface area contributed by atoms with Gasteiger partial charge in [0.15, 0.2) is 5.13 Å². The average molecular weight is 455 g/mol. The molecule has 32 heavy (non-hydrogen) atoms. The molecule has 4 rings (SSSR count). The van der Waals surface area contributed by atoms with E-state index < -0.39 is 4.92 Å². The molecule has 1 aromatic heterocycles. The summed E-state index contributed by atoms with van der Waals surface area (Å²) in [7, 11) is 0. The van der Waals surface area contributed by atoms with Crippen LogP contribution < -0.4 is 4.90 Å². The number of anilines is 1. The number of nitro groups is 1. The van der Waals surface area contributed by atoms with Crippen LogP contribution in [0.1, 0.15) is 17.5 Å². The van der Waals surface area contributed by atoms with Crippen LogP contribution in [0, 0.1) is 17.0 Å². The molecule has 2 aromatic carbocycles. The zero-order chi connectivity index (χ0) is 22.5. The van der Waals surface area contributed by atoms with E-state index in [2.05, 4.69) is 11.0 Å². The van der Waals surface area contributed by atoms with Gasteiger partial charge >= 0.3 is 0 Å². The Morgan fingerprint density at radius 3 is 2.69 bits per heavy atom. The van der Waals surface area contributed by atoms with Gasteiger partial charge in [0.05, 0.1) is 34.8 Å². The van der Waals surface area contributed by atoms with Gasteiger partial charge in [0.1, 0.15) is 0 Å². The molecule has 2 heterocycles. The number of carbonyl (C=O) groups is 1. The Hall–Kier alpha value is -2.88. The molecule has 0 atom stereocenters. The number of ether oxygens (including phenoxy) is 1. The number of aromatic nitrogens is 1. The number of non-ortho nitro benzene ring substituents is 1. The topological polar surface area (TPSA) is 88.8 Å². The number of benzene rings is 2. The fourth-order valence-corrected chi connectivity index (χ4v) is 4.85. The Labute approximate surface area is 190 Å². The monoisotopic (exact) mass is 454 g/mol. The lowest BCUT2D eigenvalue weighted by atomic mass is 10.1. The second-order valence-electron chi connectivity index (χ2n) is 7.92. The molecule has 0 unspecified atom stereocenters. The highest BCUT2D eigenvalue weighted by Crippen LogP contribution is 2.30. The summed E-state index contributed by atoms with van der Waals surface area (Å²) in [6.07, 6.45) is 1.01. The smallest absolute Gasteiger partial charge is 0.269 e. The first-order valence-corrected chi connectivity index (χ1v) is 11.5. The van der Waals surface area contributed by atoms with E-state index in [4.69, 9.17) is 9.72 Å². The number of rotatable bonds is 8. The number of carbonyl (C=O) groups excluding carboxylic acids is 1. The van der Waals surface area contributed by atoms with Crippen LogP contribution in [-0.4, -0.2) is 60.1 Å². The molecule has 1 saturated heterocycles. The van der Waals surface area contributed by atoms with Gasteiger partial charge in [0.25, 0.3) is 5.69 Å². The Balaban J connectivity index is 1.51. The molecule has 0 saturated carbocycles.